The second-order valence-electron chi connectivity index (χ2n) is 7.10. The Hall–Kier alpha value is -3.74. The molecule has 1 aliphatic heterocycles. The van der Waals surface area contributed by atoms with Crippen molar-refractivity contribution in [1.29, 1.82) is 0 Å². The molecule has 3 rings (SSSR count). The van der Waals surface area contributed by atoms with Crippen LogP contribution < -0.4 is 10.1 Å². The van der Waals surface area contributed by atoms with Crippen molar-refractivity contribution in [2.45, 2.75) is 20.8 Å². The van der Waals surface area contributed by atoms with Crippen LogP contribution >= 0.6 is 0 Å². The molecular formula is C24H24N2O5. The van der Waals surface area contributed by atoms with Crippen molar-refractivity contribution in [2.75, 3.05) is 18.5 Å². The monoisotopic (exact) mass is 420 g/mol. The maximum absolute atomic E-state index is 12.5. The molecule has 7 nitrogen and oxygen atoms in total. The molecule has 0 bridgehead atoms. The summed E-state index contributed by atoms with van der Waals surface area (Å²) in [5, 5.41) is 2.77. The van der Waals surface area contributed by atoms with Crippen molar-refractivity contribution in [2.24, 2.45) is 10.9 Å². The normalized spacial score (nSPS) is 16.7. The number of nitrogens with zero attached hydrogens (tertiary/aromatic N) is 1. The first-order chi connectivity index (χ1) is 14.9. The summed E-state index contributed by atoms with van der Waals surface area (Å²) in [5.41, 5.74) is 3.18. The van der Waals surface area contributed by atoms with Crippen LogP contribution in [-0.4, -0.2) is 36.6 Å². The van der Waals surface area contributed by atoms with Crippen LogP contribution in [0, 0.1) is 12.8 Å². The van der Waals surface area contributed by atoms with E-state index in [2.05, 4.69) is 10.3 Å². The number of Topliss-reactive ketones (excluding diaryl/α,β-unsaturated/α-hetero) is 1. The fraction of sp³-hybridized carbons (Fsp3) is 0.250. The third-order valence-corrected chi connectivity index (χ3v) is 4.64. The van der Waals surface area contributed by atoms with E-state index in [0.717, 1.165) is 11.1 Å². The number of rotatable bonds is 7. The number of ether oxygens (including phenoxy) is 2. The summed E-state index contributed by atoms with van der Waals surface area (Å²) in [6.07, 6.45) is 1.61. The van der Waals surface area contributed by atoms with Gasteiger partial charge in [-0.1, -0.05) is 29.8 Å². The number of hydrogen-bond acceptors (Lipinski definition) is 6. The quantitative estimate of drug-likeness (QED) is 0.420. The molecule has 0 fully saturated rings. The summed E-state index contributed by atoms with van der Waals surface area (Å²) in [6.45, 7) is 5.38. The van der Waals surface area contributed by atoms with Gasteiger partial charge in [-0.25, -0.2) is 0 Å². The summed E-state index contributed by atoms with van der Waals surface area (Å²) in [4.78, 5) is 40.7. The fourth-order valence-corrected chi connectivity index (χ4v) is 3.05. The minimum absolute atomic E-state index is 0.127. The van der Waals surface area contributed by atoms with Gasteiger partial charge in [-0.2, -0.15) is 0 Å². The molecule has 2 aromatic rings. The highest BCUT2D eigenvalue weighted by Crippen LogP contribution is 2.24. The molecule has 160 valence electrons. The highest BCUT2D eigenvalue weighted by atomic mass is 16.5. The van der Waals surface area contributed by atoms with Gasteiger partial charge < -0.3 is 14.8 Å². The third-order valence-electron chi connectivity index (χ3n) is 4.64. The molecule has 0 saturated carbocycles. The summed E-state index contributed by atoms with van der Waals surface area (Å²) < 4.78 is 10.5. The maximum atomic E-state index is 12.5. The Morgan fingerprint density at radius 3 is 2.39 bits per heavy atom. The van der Waals surface area contributed by atoms with Gasteiger partial charge in [-0.15, -0.1) is 0 Å². The van der Waals surface area contributed by atoms with Crippen molar-refractivity contribution in [1.82, 2.24) is 0 Å². The molecule has 1 N–H and O–H groups in total. The third kappa shape index (κ3) is 5.66. The molecule has 0 saturated heterocycles. The van der Waals surface area contributed by atoms with Gasteiger partial charge in [0.05, 0.1) is 6.61 Å². The van der Waals surface area contributed by atoms with Crippen LogP contribution in [0.25, 0.3) is 6.08 Å². The molecule has 0 radical (unpaired) electrons. The lowest BCUT2D eigenvalue weighted by Crippen LogP contribution is -2.28. The first-order valence-electron chi connectivity index (χ1n) is 9.94. The van der Waals surface area contributed by atoms with Crippen LogP contribution in [0.3, 0.4) is 0 Å². The Kier molecular flexibility index (Phi) is 6.97. The van der Waals surface area contributed by atoms with Gasteiger partial charge in [0, 0.05) is 11.4 Å². The number of aryl methyl sites for hydroxylation is 1. The molecule has 2 aromatic carbocycles. The van der Waals surface area contributed by atoms with Crippen molar-refractivity contribution in [3.05, 3.63) is 65.4 Å². The molecular weight excluding hydrogens is 396 g/mol. The Balaban J connectivity index is 1.57. The number of amides is 1. The number of anilines is 1. The zero-order chi connectivity index (χ0) is 22.4. The predicted octanol–water partition coefficient (Wildman–Crippen LogP) is 3.58. The van der Waals surface area contributed by atoms with E-state index < -0.39 is 11.9 Å². The topological polar surface area (TPSA) is 94.1 Å². The second kappa shape index (κ2) is 9.84. The van der Waals surface area contributed by atoms with Gasteiger partial charge in [0.1, 0.15) is 11.4 Å². The van der Waals surface area contributed by atoms with E-state index >= 15 is 0 Å². The summed E-state index contributed by atoms with van der Waals surface area (Å²) in [5.74, 6) is -1.67. The minimum atomic E-state index is -0.971. The van der Waals surface area contributed by atoms with E-state index in [-0.39, 0.29) is 30.6 Å². The molecule has 1 heterocycles. The molecule has 7 heteroatoms. The first kappa shape index (κ1) is 22.0. The zero-order valence-electron chi connectivity index (χ0n) is 17.7. The molecule has 31 heavy (non-hydrogen) atoms. The van der Waals surface area contributed by atoms with Gasteiger partial charge >= 0.3 is 5.97 Å². The Morgan fingerprint density at radius 1 is 1.06 bits per heavy atom. The number of aliphatic imine (C=N–C) groups is 1. The van der Waals surface area contributed by atoms with Crippen LogP contribution in [0.4, 0.5) is 5.69 Å². The number of esters is 1. The lowest BCUT2D eigenvalue weighted by molar-refractivity contribution is -0.147. The lowest BCUT2D eigenvalue weighted by Gasteiger charge is -2.08. The number of ketones is 1. The van der Waals surface area contributed by atoms with Crippen LogP contribution in [-0.2, 0) is 19.1 Å². The fourth-order valence-electron chi connectivity index (χ4n) is 3.05. The average molecular weight is 420 g/mol. The Labute approximate surface area is 180 Å². The summed E-state index contributed by atoms with van der Waals surface area (Å²) >= 11 is 0. The van der Waals surface area contributed by atoms with Crippen LogP contribution in [0.5, 0.6) is 5.75 Å². The van der Waals surface area contributed by atoms with E-state index in [0.29, 0.717) is 17.1 Å². The number of benzene rings is 2. The molecule has 0 aromatic heterocycles. The van der Waals surface area contributed by atoms with Crippen molar-refractivity contribution >= 4 is 35.1 Å². The first-order valence-corrected chi connectivity index (χ1v) is 9.94. The second-order valence-corrected chi connectivity index (χ2v) is 7.10. The maximum Gasteiger partial charge on any atom is 0.322 e. The standard InChI is InChI=1S/C24H24N2O5/c1-4-30-24(29)22-16(3)25-20(23(22)28)13-17-7-11-19(12-8-17)31-14-21(27)26-18-9-5-15(2)6-10-18/h5-13,22H,4,14H2,1-3H3,(H,26,27)/b20-13-. The molecule has 1 amide bonds. The van der Waals surface area contributed by atoms with Gasteiger partial charge in [0.15, 0.2) is 12.5 Å². The summed E-state index contributed by atoms with van der Waals surface area (Å²) in [6, 6.07) is 14.4. The molecule has 0 spiro atoms. The van der Waals surface area contributed by atoms with E-state index in [1.807, 2.05) is 31.2 Å². The minimum Gasteiger partial charge on any atom is -0.484 e. The highest BCUT2D eigenvalue weighted by molar-refractivity contribution is 6.28. The number of carbonyl (C=O) groups excluding carboxylic acids is 3. The van der Waals surface area contributed by atoms with E-state index in [1.165, 1.54) is 0 Å². The zero-order valence-corrected chi connectivity index (χ0v) is 17.7. The van der Waals surface area contributed by atoms with Crippen LogP contribution in [0.2, 0.25) is 0 Å². The Morgan fingerprint density at radius 2 is 1.74 bits per heavy atom. The van der Waals surface area contributed by atoms with Crippen LogP contribution in [0.1, 0.15) is 25.0 Å². The van der Waals surface area contributed by atoms with Gasteiger partial charge in [-0.05, 0) is 56.7 Å². The molecule has 1 aliphatic rings. The average Bonchev–Trinajstić information content (AvgIpc) is 3.02. The molecule has 1 unspecified atom stereocenters. The van der Waals surface area contributed by atoms with E-state index in [1.54, 1.807) is 44.2 Å². The van der Waals surface area contributed by atoms with Crippen molar-refractivity contribution < 1.29 is 23.9 Å². The SMILES string of the molecule is CCOC(=O)C1C(=O)/C(=C/c2ccc(OCC(=O)Nc3ccc(C)cc3)cc2)N=C1C. The van der Waals surface area contributed by atoms with Gasteiger partial charge in [0.25, 0.3) is 5.91 Å². The van der Waals surface area contributed by atoms with Gasteiger partial charge in [-0.3, -0.25) is 19.4 Å². The van der Waals surface area contributed by atoms with Gasteiger partial charge in [0.2, 0.25) is 5.78 Å². The smallest absolute Gasteiger partial charge is 0.322 e. The number of hydrogen-bond donors (Lipinski definition) is 1. The lowest BCUT2D eigenvalue weighted by atomic mass is 10.0. The Bertz CT molecular complexity index is 1040. The molecule has 1 atom stereocenters. The molecule has 0 aliphatic carbocycles. The number of allylic oxidation sites excluding steroid dienone is 1. The largest absolute Gasteiger partial charge is 0.484 e. The number of carbonyl (C=O) groups is 3. The highest BCUT2D eigenvalue weighted by Gasteiger charge is 2.37. The van der Waals surface area contributed by atoms with E-state index in [4.69, 9.17) is 9.47 Å². The van der Waals surface area contributed by atoms with Crippen LogP contribution in [0.15, 0.2) is 59.2 Å². The predicted molar refractivity (Wildman–Crippen MR) is 118 cm³/mol. The van der Waals surface area contributed by atoms with E-state index in [9.17, 15) is 14.4 Å². The number of nitrogens with one attached hydrogen (secondary N) is 1. The van der Waals surface area contributed by atoms with Crippen molar-refractivity contribution in [3.8, 4) is 5.75 Å². The summed E-state index contributed by atoms with van der Waals surface area (Å²) in [7, 11) is 0. The van der Waals surface area contributed by atoms with Crippen molar-refractivity contribution in [3.63, 3.8) is 0 Å².